The summed E-state index contributed by atoms with van der Waals surface area (Å²) in [5.74, 6) is -0.951. The van der Waals surface area contributed by atoms with Crippen LogP contribution >= 0.6 is 0 Å². The van der Waals surface area contributed by atoms with Crippen molar-refractivity contribution in [1.82, 2.24) is 15.5 Å². The summed E-state index contributed by atoms with van der Waals surface area (Å²) in [6.07, 6.45) is 6.62. The van der Waals surface area contributed by atoms with Crippen molar-refractivity contribution in [3.8, 4) is 12.5 Å². The van der Waals surface area contributed by atoms with Gasteiger partial charge in [0.25, 0.3) is 5.91 Å². The summed E-state index contributed by atoms with van der Waals surface area (Å²) in [4.78, 5) is 38.6. The fourth-order valence-electron chi connectivity index (χ4n) is 2.68. The second-order valence-corrected chi connectivity index (χ2v) is 8.14. The van der Waals surface area contributed by atoms with Crippen LogP contribution in [-0.2, 0) is 14.3 Å². The number of hydrogen-bond acceptors (Lipinski definition) is 4. The summed E-state index contributed by atoms with van der Waals surface area (Å²) in [6.45, 7) is 11.2. The number of hydrogen-bond donors (Lipinski definition) is 2. The molecular weight excluding hydrogens is 382 g/mol. The summed E-state index contributed by atoms with van der Waals surface area (Å²) < 4.78 is 5.14. The fraction of sp³-hybridized carbons (Fsp3) is 0.522. The summed E-state index contributed by atoms with van der Waals surface area (Å²) in [5, 5.41) is 5.23. The lowest BCUT2D eigenvalue weighted by atomic mass is 9.99. The maximum atomic E-state index is 12.9. The number of ether oxygens (including phenoxy) is 1. The van der Waals surface area contributed by atoms with E-state index < -0.39 is 23.6 Å². The Kier molecular flexibility index (Phi) is 9.38. The van der Waals surface area contributed by atoms with Gasteiger partial charge in [-0.1, -0.05) is 38.0 Å². The summed E-state index contributed by atoms with van der Waals surface area (Å²) in [6, 6.07) is 6.82. The second kappa shape index (κ2) is 11.2. The Balaban J connectivity index is 3.07. The average Bonchev–Trinajstić information content (AvgIpc) is 2.65. The molecule has 0 heterocycles. The smallest absolute Gasteiger partial charge is 0.408 e. The first-order valence-electron chi connectivity index (χ1n) is 10.1. The molecule has 0 aliphatic heterocycles. The molecule has 164 valence electrons. The van der Waals surface area contributed by atoms with Crippen LogP contribution in [0, 0.1) is 26.3 Å². The number of carbonyl (C=O) groups excluding carboxylic acids is 3. The third kappa shape index (κ3) is 7.78. The summed E-state index contributed by atoms with van der Waals surface area (Å²) in [5.41, 5.74) is 1.96. The second-order valence-electron chi connectivity index (χ2n) is 8.14. The monoisotopic (exact) mass is 415 g/mol. The minimum Gasteiger partial charge on any atom is -0.444 e. The molecule has 0 radical (unpaired) electrons. The highest BCUT2D eigenvalue weighted by atomic mass is 16.6. The number of alkyl carbamates (subject to hydrolysis) is 1. The predicted octanol–water partition coefficient (Wildman–Crippen LogP) is 3.20. The third-order valence-electron chi connectivity index (χ3n) is 4.37. The number of terminal acetylenes is 1. The zero-order valence-corrected chi connectivity index (χ0v) is 18.8. The van der Waals surface area contributed by atoms with Crippen molar-refractivity contribution in [2.75, 3.05) is 13.1 Å². The molecule has 0 fully saturated rings. The van der Waals surface area contributed by atoms with Crippen molar-refractivity contribution in [2.24, 2.45) is 0 Å². The molecule has 0 aliphatic rings. The van der Waals surface area contributed by atoms with Crippen LogP contribution < -0.4 is 10.6 Å². The molecule has 7 heteroatoms. The van der Waals surface area contributed by atoms with E-state index in [4.69, 9.17) is 11.2 Å². The van der Waals surface area contributed by atoms with Crippen LogP contribution in [0.5, 0.6) is 0 Å². The first kappa shape index (κ1) is 25.0. The van der Waals surface area contributed by atoms with Crippen LogP contribution in [0.15, 0.2) is 18.2 Å². The van der Waals surface area contributed by atoms with Crippen LogP contribution in [0.2, 0.25) is 0 Å². The maximum Gasteiger partial charge on any atom is 0.408 e. The van der Waals surface area contributed by atoms with Crippen molar-refractivity contribution in [3.05, 3.63) is 34.9 Å². The van der Waals surface area contributed by atoms with Gasteiger partial charge < -0.3 is 15.4 Å². The molecular formula is C23H33N3O4. The van der Waals surface area contributed by atoms with E-state index in [1.165, 1.54) is 0 Å². The Morgan fingerprint density at radius 3 is 2.37 bits per heavy atom. The van der Waals surface area contributed by atoms with Gasteiger partial charge in [-0.2, -0.15) is 0 Å². The number of nitrogens with one attached hydrogen (secondary N) is 2. The van der Waals surface area contributed by atoms with Crippen molar-refractivity contribution in [1.29, 1.82) is 0 Å². The van der Waals surface area contributed by atoms with Crippen LogP contribution in [0.25, 0.3) is 0 Å². The molecule has 1 aromatic rings. The lowest BCUT2D eigenvalue weighted by molar-refractivity contribution is -0.136. The van der Waals surface area contributed by atoms with Crippen LogP contribution in [0.4, 0.5) is 4.79 Å². The lowest BCUT2D eigenvalue weighted by Gasteiger charge is -2.27. The van der Waals surface area contributed by atoms with Gasteiger partial charge in [-0.05, 0) is 57.7 Å². The van der Waals surface area contributed by atoms with Gasteiger partial charge in [0.05, 0.1) is 0 Å². The van der Waals surface area contributed by atoms with E-state index >= 15 is 0 Å². The minimum atomic E-state index is -1.00. The third-order valence-corrected chi connectivity index (χ3v) is 4.37. The molecule has 7 nitrogen and oxygen atoms in total. The Morgan fingerprint density at radius 1 is 1.17 bits per heavy atom. The molecule has 0 bridgehead atoms. The molecule has 2 N–H and O–H groups in total. The van der Waals surface area contributed by atoms with Crippen molar-refractivity contribution in [3.63, 3.8) is 0 Å². The van der Waals surface area contributed by atoms with Crippen molar-refractivity contribution in [2.45, 2.75) is 66.0 Å². The van der Waals surface area contributed by atoms with E-state index in [9.17, 15) is 14.4 Å². The number of rotatable bonds is 8. The number of benzene rings is 1. The minimum absolute atomic E-state index is 0.365. The van der Waals surface area contributed by atoms with Crippen LogP contribution in [0.1, 0.15) is 63.3 Å². The molecule has 1 rings (SSSR count). The molecule has 0 saturated heterocycles. The highest BCUT2D eigenvalue weighted by molar-refractivity contribution is 5.91. The first-order valence-corrected chi connectivity index (χ1v) is 10.1. The molecule has 0 aliphatic carbocycles. The Morgan fingerprint density at radius 2 is 1.83 bits per heavy atom. The zero-order chi connectivity index (χ0) is 22.9. The molecule has 3 amide bonds. The van der Waals surface area contributed by atoms with Crippen LogP contribution in [-0.4, -0.2) is 41.5 Å². The molecule has 0 aromatic heterocycles. The standard InChI is InChI=1S/C23H33N3O4/c1-8-10-13-24-21(28)20(18-12-11-16(3)17(4)14-18)26(9-2)19(27)15-25-22(29)30-23(5,6)7/h2,11-12,14,20H,8,10,13,15H2,1,3-7H3,(H,24,28)(H,25,29). The Bertz CT molecular complexity index is 806. The fourth-order valence-corrected chi connectivity index (χ4v) is 2.68. The number of nitrogens with zero attached hydrogens (tertiary/aromatic N) is 1. The van der Waals surface area contributed by atoms with Gasteiger partial charge in [0.2, 0.25) is 5.91 Å². The van der Waals surface area contributed by atoms with Gasteiger partial charge >= 0.3 is 6.09 Å². The van der Waals surface area contributed by atoms with E-state index in [2.05, 4.69) is 16.7 Å². The number of aryl methyl sites for hydroxylation is 2. The molecule has 30 heavy (non-hydrogen) atoms. The van der Waals surface area contributed by atoms with Crippen molar-refractivity contribution < 1.29 is 19.1 Å². The molecule has 1 atom stereocenters. The maximum absolute atomic E-state index is 12.9. The average molecular weight is 416 g/mol. The molecule has 0 spiro atoms. The number of amides is 3. The van der Waals surface area contributed by atoms with E-state index in [0.29, 0.717) is 12.1 Å². The number of carbonyl (C=O) groups is 3. The largest absolute Gasteiger partial charge is 0.444 e. The highest BCUT2D eigenvalue weighted by Crippen LogP contribution is 2.23. The first-order chi connectivity index (χ1) is 14.0. The predicted molar refractivity (Wildman–Crippen MR) is 116 cm³/mol. The molecule has 1 aromatic carbocycles. The Hall–Kier alpha value is -3.01. The topological polar surface area (TPSA) is 87.7 Å². The van der Waals surface area contributed by atoms with E-state index in [0.717, 1.165) is 28.9 Å². The van der Waals surface area contributed by atoms with E-state index in [1.807, 2.05) is 32.9 Å². The van der Waals surface area contributed by atoms with Crippen molar-refractivity contribution >= 4 is 17.9 Å². The SMILES string of the molecule is C#CN(C(=O)CNC(=O)OC(C)(C)C)C(C(=O)NCCCC)c1ccc(C)c(C)c1. The number of unbranched alkanes of at least 4 members (excludes halogenated alkanes) is 1. The zero-order valence-electron chi connectivity index (χ0n) is 18.8. The van der Waals surface area contributed by atoms with Gasteiger partial charge in [-0.3, -0.25) is 14.5 Å². The normalized spacial score (nSPS) is 11.8. The van der Waals surface area contributed by atoms with Gasteiger partial charge in [0, 0.05) is 12.6 Å². The molecule has 1 unspecified atom stereocenters. The van der Waals surface area contributed by atoms with Crippen LogP contribution in [0.3, 0.4) is 0 Å². The summed E-state index contributed by atoms with van der Waals surface area (Å²) in [7, 11) is 0. The van der Waals surface area contributed by atoms with E-state index in [1.54, 1.807) is 26.8 Å². The molecule has 0 saturated carbocycles. The Labute approximate surface area is 179 Å². The van der Waals surface area contributed by atoms with E-state index in [-0.39, 0.29) is 12.5 Å². The van der Waals surface area contributed by atoms with Gasteiger partial charge in [-0.15, -0.1) is 0 Å². The van der Waals surface area contributed by atoms with Gasteiger partial charge in [0.15, 0.2) is 0 Å². The van der Waals surface area contributed by atoms with Gasteiger partial charge in [0.1, 0.15) is 18.2 Å². The van der Waals surface area contributed by atoms with Gasteiger partial charge in [-0.25, -0.2) is 4.79 Å². The lowest BCUT2D eigenvalue weighted by Crippen LogP contribution is -2.46. The quantitative estimate of drug-likeness (QED) is 0.388. The highest BCUT2D eigenvalue weighted by Gasteiger charge is 2.31. The summed E-state index contributed by atoms with van der Waals surface area (Å²) >= 11 is 0.